The highest BCUT2D eigenvalue weighted by Crippen LogP contribution is 2.33. The third-order valence-electron chi connectivity index (χ3n) is 2.68. The molecular weight excluding hydrogens is 315 g/mol. The SMILES string of the molecule is O=C1C(=O)c2ccccc2C2=C1C=IC=C2. The lowest BCUT2D eigenvalue weighted by Crippen LogP contribution is -2.24. The molecule has 78 valence electrons. The zero-order valence-electron chi connectivity index (χ0n) is 8.24. The maximum Gasteiger partial charge on any atom is 0.234 e. The first-order valence-corrected chi connectivity index (χ1v) is 7.32. The molecule has 3 rings (SSSR count). The molecule has 2 nitrogen and oxygen atoms in total. The van der Waals surface area contributed by atoms with Crippen molar-refractivity contribution in [3.05, 3.63) is 51.1 Å². The van der Waals surface area contributed by atoms with Crippen molar-refractivity contribution in [2.75, 3.05) is 0 Å². The van der Waals surface area contributed by atoms with Crippen molar-refractivity contribution in [1.29, 1.82) is 0 Å². The second-order valence-corrected chi connectivity index (χ2v) is 5.62. The summed E-state index contributed by atoms with van der Waals surface area (Å²) >= 11 is -0.205. The first-order valence-electron chi connectivity index (χ1n) is 4.83. The molecule has 0 spiro atoms. The quantitative estimate of drug-likeness (QED) is 0.543. The topological polar surface area (TPSA) is 34.1 Å². The van der Waals surface area contributed by atoms with Crippen molar-refractivity contribution in [3.63, 3.8) is 0 Å². The van der Waals surface area contributed by atoms with Crippen LogP contribution in [0.1, 0.15) is 15.9 Å². The van der Waals surface area contributed by atoms with Crippen LogP contribution in [0.4, 0.5) is 0 Å². The van der Waals surface area contributed by atoms with E-state index >= 15 is 0 Å². The van der Waals surface area contributed by atoms with Gasteiger partial charge in [-0.1, -0.05) is 45.0 Å². The van der Waals surface area contributed by atoms with Crippen LogP contribution in [0.2, 0.25) is 0 Å². The van der Waals surface area contributed by atoms with Crippen molar-refractivity contribution >= 4 is 41.9 Å². The summed E-state index contributed by atoms with van der Waals surface area (Å²) in [5.41, 5.74) is 2.94. The molecule has 1 aliphatic heterocycles. The molecule has 0 bridgehead atoms. The Bertz CT molecular complexity index is 606. The third-order valence-corrected chi connectivity index (χ3v) is 4.43. The predicted octanol–water partition coefficient (Wildman–Crippen LogP) is 2.51. The van der Waals surface area contributed by atoms with Gasteiger partial charge in [0, 0.05) is 11.1 Å². The average molecular weight is 322 g/mol. The van der Waals surface area contributed by atoms with Crippen molar-refractivity contribution in [1.82, 2.24) is 0 Å². The molecule has 1 aliphatic carbocycles. The molecule has 1 aromatic rings. The number of carbonyl (C=O) groups excluding carboxylic acids is 2. The molecule has 0 unspecified atom stereocenters. The Kier molecular flexibility index (Phi) is 2.21. The summed E-state index contributed by atoms with van der Waals surface area (Å²) in [4.78, 5) is 23.7. The Balaban J connectivity index is 2.38. The first-order chi connectivity index (χ1) is 7.79. The number of carbonyl (C=O) groups is 2. The molecule has 0 fully saturated rings. The number of benzene rings is 1. The summed E-state index contributed by atoms with van der Waals surface area (Å²) in [6.07, 6.45) is 1.98. The van der Waals surface area contributed by atoms with Crippen LogP contribution in [0, 0.1) is 0 Å². The van der Waals surface area contributed by atoms with Gasteiger partial charge in [-0.15, -0.1) is 0 Å². The highest BCUT2D eigenvalue weighted by molar-refractivity contribution is 14.2. The van der Waals surface area contributed by atoms with Crippen molar-refractivity contribution in [2.24, 2.45) is 0 Å². The molecule has 2 aliphatic rings. The fourth-order valence-corrected chi connectivity index (χ4v) is 3.67. The van der Waals surface area contributed by atoms with Crippen LogP contribution in [0.25, 0.3) is 5.57 Å². The Morgan fingerprint density at radius 3 is 2.44 bits per heavy atom. The summed E-state index contributed by atoms with van der Waals surface area (Å²) < 4.78 is 4.04. The number of halogens is 1. The molecule has 0 amide bonds. The van der Waals surface area contributed by atoms with E-state index in [-0.39, 0.29) is 32.3 Å². The van der Waals surface area contributed by atoms with Gasteiger partial charge in [0.1, 0.15) is 0 Å². The van der Waals surface area contributed by atoms with Gasteiger partial charge in [0.05, 0.1) is 0 Å². The predicted molar refractivity (Wildman–Crippen MR) is 71.9 cm³/mol. The molecular formula is C13H7IO2. The number of allylic oxidation sites excluding steroid dienone is 3. The van der Waals surface area contributed by atoms with E-state index < -0.39 is 0 Å². The molecule has 0 saturated carbocycles. The third kappa shape index (κ3) is 1.28. The fraction of sp³-hybridized carbons (Fsp3) is 0. The van der Waals surface area contributed by atoms with E-state index in [2.05, 4.69) is 4.08 Å². The highest BCUT2D eigenvalue weighted by atomic mass is 127. The van der Waals surface area contributed by atoms with E-state index in [9.17, 15) is 9.59 Å². The Labute approximate surface area is 102 Å². The number of fused-ring (bicyclic) bond motifs is 2. The largest absolute Gasteiger partial charge is 0.285 e. The first kappa shape index (κ1) is 9.84. The zero-order valence-corrected chi connectivity index (χ0v) is 10.4. The molecule has 0 radical (unpaired) electrons. The molecule has 0 N–H and O–H groups in total. The lowest BCUT2D eigenvalue weighted by molar-refractivity contribution is -0.111. The monoisotopic (exact) mass is 322 g/mol. The molecule has 1 heterocycles. The zero-order chi connectivity index (χ0) is 11.1. The summed E-state index contributed by atoms with van der Waals surface area (Å²) in [5, 5.41) is 0. The summed E-state index contributed by atoms with van der Waals surface area (Å²) in [5.74, 6) is -0.720. The van der Waals surface area contributed by atoms with Gasteiger partial charge in [-0.3, -0.25) is 9.59 Å². The Morgan fingerprint density at radius 1 is 0.875 bits per heavy atom. The van der Waals surface area contributed by atoms with Gasteiger partial charge in [-0.25, -0.2) is 0 Å². The van der Waals surface area contributed by atoms with Gasteiger partial charge < -0.3 is 0 Å². The summed E-state index contributed by atoms with van der Waals surface area (Å²) in [6, 6.07) is 7.30. The number of hydrogen-bond acceptors (Lipinski definition) is 2. The number of Topliss-reactive ketones (excluding diaryl/α,β-unsaturated/α-hetero) is 2. The van der Waals surface area contributed by atoms with Crippen LogP contribution >= 0.6 is 20.7 Å². The van der Waals surface area contributed by atoms with Crippen LogP contribution in [-0.4, -0.2) is 15.6 Å². The maximum absolute atomic E-state index is 11.9. The Morgan fingerprint density at radius 2 is 1.62 bits per heavy atom. The Hall–Kier alpha value is -1.36. The molecule has 0 aromatic heterocycles. The fourth-order valence-electron chi connectivity index (χ4n) is 1.91. The number of ketones is 2. The standard InChI is InChI=1S/C13H7IO2/c15-12-10-4-2-1-3-8(10)9-5-6-14-7-11(9)13(12)16/h1-7H. The second kappa shape index (κ2) is 3.59. The van der Waals surface area contributed by atoms with Gasteiger partial charge in [-0.05, 0) is 25.3 Å². The lowest BCUT2D eigenvalue weighted by Gasteiger charge is -2.18. The van der Waals surface area contributed by atoms with E-state index in [4.69, 9.17) is 0 Å². The van der Waals surface area contributed by atoms with E-state index in [1.165, 1.54) is 0 Å². The molecule has 3 heteroatoms. The highest BCUT2D eigenvalue weighted by Gasteiger charge is 2.30. The van der Waals surface area contributed by atoms with E-state index in [0.717, 1.165) is 11.1 Å². The van der Waals surface area contributed by atoms with Gasteiger partial charge in [0.2, 0.25) is 11.6 Å². The summed E-state index contributed by atoms with van der Waals surface area (Å²) in [7, 11) is 0. The molecule has 16 heavy (non-hydrogen) atoms. The van der Waals surface area contributed by atoms with Gasteiger partial charge >= 0.3 is 0 Å². The van der Waals surface area contributed by atoms with Gasteiger partial charge in [-0.2, -0.15) is 0 Å². The maximum atomic E-state index is 11.9. The van der Waals surface area contributed by atoms with E-state index in [0.29, 0.717) is 11.1 Å². The van der Waals surface area contributed by atoms with Crippen molar-refractivity contribution < 1.29 is 9.59 Å². The van der Waals surface area contributed by atoms with Crippen LogP contribution in [0.3, 0.4) is 0 Å². The van der Waals surface area contributed by atoms with Crippen LogP contribution < -0.4 is 0 Å². The van der Waals surface area contributed by atoms with Crippen LogP contribution in [-0.2, 0) is 4.79 Å². The van der Waals surface area contributed by atoms with Gasteiger partial charge in [0.25, 0.3) is 0 Å². The minimum atomic E-state index is -0.370. The molecule has 0 saturated heterocycles. The van der Waals surface area contributed by atoms with E-state index in [1.807, 2.05) is 22.2 Å². The average Bonchev–Trinajstić information content (AvgIpc) is 2.36. The van der Waals surface area contributed by atoms with Crippen LogP contribution in [0.15, 0.2) is 40.0 Å². The molecule has 0 atom stereocenters. The van der Waals surface area contributed by atoms with E-state index in [1.54, 1.807) is 12.1 Å². The summed E-state index contributed by atoms with van der Waals surface area (Å²) in [6.45, 7) is 0. The smallest absolute Gasteiger partial charge is 0.234 e. The number of rotatable bonds is 0. The second-order valence-electron chi connectivity index (χ2n) is 3.56. The van der Waals surface area contributed by atoms with Crippen LogP contribution in [0.5, 0.6) is 0 Å². The van der Waals surface area contributed by atoms with Crippen molar-refractivity contribution in [3.8, 4) is 0 Å². The van der Waals surface area contributed by atoms with Gasteiger partial charge in [0.15, 0.2) is 0 Å². The van der Waals surface area contributed by atoms with Crippen molar-refractivity contribution in [2.45, 2.75) is 0 Å². The lowest BCUT2D eigenvalue weighted by atomic mass is 9.84. The molecule has 1 aromatic carbocycles. The normalized spacial score (nSPS) is 18.0. The minimum absolute atomic E-state index is 0.205. The number of hydrogen-bond donors (Lipinski definition) is 0. The minimum Gasteiger partial charge on any atom is -0.285 e.